The third-order valence-corrected chi connectivity index (χ3v) is 6.62. The first-order chi connectivity index (χ1) is 16.5. The topological polar surface area (TPSA) is 75.4 Å². The molecule has 1 amide bonds. The highest BCUT2D eigenvalue weighted by Gasteiger charge is 2.27. The lowest BCUT2D eigenvalue weighted by Gasteiger charge is -2.33. The Morgan fingerprint density at radius 2 is 1.88 bits per heavy atom. The van der Waals surface area contributed by atoms with Crippen LogP contribution in [-0.4, -0.2) is 38.6 Å². The predicted molar refractivity (Wildman–Crippen MR) is 134 cm³/mol. The van der Waals surface area contributed by atoms with Gasteiger partial charge in [0.05, 0.1) is 17.9 Å². The molecule has 5 rings (SSSR count). The van der Waals surface area contributed by atoms with Gasteiger partial charge >= 0.3 is 0 Å². The van der Waals surface area contributed by atoms with Gasteiger partial charge in [-0.15, -0.1) is 0 Å². The zero-order valence-corrected chi connectivity index (χ0v) is 20.1. The molecule has 0 bridgehead atoms. The Kier molecular flexibility index (Phi) is 6.20. The SMILES string of the molecule is Cc1cc(N2CCC(C(=O)NCc3ccccn3)CC2)n2nc(C)c(-c3ccc(Cl)cc3)c2n1. The number of halogens is 1. The highest BCUT2D eigenvalue weighted by Crippen LogP contribution is 2.32. The van der Waals surface area contributed by atoms with Crippen LogP contribution >= 0.6 is 11.6 Å². The van der Waals surface area contributed by atoms with Crippen LogP contribution in [0.3, 0.4) is 0 Å². The van der Waals surface area contributed by atoms with Crippen LogP contribution in [0.25, 0.3) is 16.8 Å². The summed E-state index contributed by atoms with van der Waals surface area (Å²) in [6.07, 6.45) is 3.33. The molecular weight excluding hydrogens is 448 g/mol. The van der Waals surface area contributed by atoms with Crippen molar-refractivity contribution in [1.29, 1.82) is 0 Å². The van der Waals surface area contributed by atoms with Crippen LogP contribution in [0.1, 0.15) is 29.9 Å². The molecule has 1 N–H and O–H groups in total. The maximum atomic E-state index is 12.7. The Bertz CT molecular complexity index is 1310. The molecule has 4 heterocycles. The molecular formula is C26H27ClN6O. The van der Waals surface area contributed by atoms with E-state index in [0.29, 0.717) is 11.6 Å². The van der Waals surface area contributed by atoms with Crippen LogP contribution in [0, 0.1) is 19.8 Å². The molecule has 1 aliphatic heterocycles. The fourth-order valence-electron chi connectivity index (χ4n) is 4.60. The maximum absolute atomic E-state index is 12.7. The number of aromatic nitrogens is 4. The van der Waals surface area contributed by atoms with Gasteiger partial charge in [-0.25, -0.2) is 4.98 Å². The van der Waals surface area contributed by atoms with Gasteiger partial charge in [-0.2, -0.15) is 9.61 Å². The smallest absolute Gasteiger partial charge is 0.223 e. The molecule has 1 saturated heterocycles. The minimum absolute atomic E-state index is 0.00220. The average molecular weight is 475 g/mol. The molecule has 4 aromatic rings. The summed E-state index contributed by atoms with van der Waals surface area (Å²) in [6.45, 7) is 6.06. The summed E-state index contributed by atoms with van der Waals surface area (Å²) in [6, 6.07) is 15.6. The standard InChI is InChI=1S/C26H27ClN6O/c1-17-15-23(33-25(30-17)24(18(2)31-33)19-6-8-21(27)9-7-19)32-13-10-20(11-14-32)26(34)29-16-22-5-3-4-12-28-22/h3-9,12,15,20H,10-11,13-14,16H2,1-2H3,(H,29,34). The van der Waals surface area contributed by atoms with Crippen molar-refractivity contribution in [2.24, 2.45) is 5.92 Å². The number of benzene rings is 1. The fourth-order valence-corrected chi connectivity index (χ4v) is 4.73. The normalized spacial score (nSPS) is 14.5. The molecule has 0 aliphatic carbocycles. The molecule has 3 aromatic heterocycles. The van der Waals surface area contributed by atoms with E-state index in [1.807, 2.05) is 60.8 Å². The summed E-state index contributed by atoms with van der Waals surface area (Å²) in [5.74, 6) is 1.11. The van der Waals surface area contributed by atoms with Crippen LogP contribution in [0.4, 0.5) is 5.82 Å². The third kappa shape index (κ3) is 4.48. The molecule has 0 unspecified atom stereocenters. The number of nitrogens with zero attached hydrogens (tertiary/aromatic N) is 5. The number of carbonyl (C=O) groups is 1. The summed E-state index contributed by atoms with van der Waals surface area (Å²) in [5.41, 5.74) is 5.63. The van der Waals surface area contributed by atoms with Crippen molar-refractivity contribution < 1.29 is 4.79 Å². The second-order valence-electron chi connectivity index (χ2n) is 8.76. The van der Waals surface area contributed by atoms with Crippen LogP contribution in [-0.2, 0) is 11.3 Å². The van der Waals surface area contributed by atoms with Gasteiger partial charge in [-0.3, -0.25) is 9.78 Å². The van der Waals surface area contributed by atoms with Crippen molar-refractivity contribution in [1.82, 2.24) is 24.9 Å². The van der Waals surface area contributed by atoms with Gasteiger partial charge in [0.1, 0.15) is 5.82 Å². The Morgan fingerprint density at radius 3 is 2.59 bits per heavy atom. The van der Waals surface area contributed by atoms with E-state index in [-0.39, 0.29) is 11.8 Å². The molecule has 0 saturated carbocycles. The third-order valence-electron chi connectivity index (χ3n) is 6.37. The Labute approximate surface area is 203 Å². The quantitative estimate of drug-likeness (QED) is 0.457. The number of amides is 1. The molecule has 0 atom stereocenters. The van der Waals surface area contributed by atoms with Crippen molar-refractivity contribution in [3.8, 4) is 11.1 Å². The summed E-state index contributed by atoms with van der Waals surface area (Å²) in [7, 11) is 0. The van der Waals surface area contributed by atoms with Crippen molar-refractivity contribution in [2.75, 3.05) is 18.0 Å². The lowest BCUT2D eigenvalue weighted by Crippen LogP contribution is -2.41. The molecule has 7 nitrogen and oxygen atoms in total. The van der Waals surface area contributed by atoms with E-state index in [0.717, 1.165) is 65.6 Å². The monoisotopic (exact) mass is 474 g/mol. The number of anilines is 1. The first kappa shape index (κ1) is 22.3. The number of nitrogens with one attached hydrogen (secondary N) is 1. The predicted octanol–water partition coefficient (Wildman–Crippen LogP) is 4.59. The highest BCUT2D eigenvalue weighted by atomic mass is 35.5. The summed E-state index contributed by atoms with van der Waals surface area (Å²) in [4.78, 5) is 24.1. The maximum Gasteiger partial charge on any atom is 0.223 e. The lowest BCUT2D eigenvalue weighted by molar-refractivity contribution is -0.125. The van der Waals surface area contributed by atoms with E-state index in [1.54, 1.807) is 6.20 Å². The van der Waals surface area contributed by atoms with E-state index < -0.39 is 0 Å². The number of aryl methyl sites for hydroxylation is 2. The van der Waals surface area contributed by atoms with Gasteiger partial charge < -0.3 is 10.2 Å². The second kappa shape index (κ2) is 9.43. The number of hydrogen-bond acceptors (Lipinski definition) is 5. The van der Waals surface area contributed by atoms with Crippen LogP contribution in [0.5, 0.6) is 0 Å². The zero-order valence-electron chi connectivity index (χ0n) is 19.3. The van der Waals surface area contributed by atoms with E-state index in [9.17, 15) is 4.79 Å². The van der Waals surface area contributed by atoms with E-state index in [2.05, 4.69) is 21.3 Å². The average Bonchev–Trinajstić information content (AvgIpc) is 3.19. The molecule has 1 aromatic carbocycles. The van der Waals surface area contributed by atoms with Gasteiger partial charge in [0.25, 0.3) is 0 Å². The first-order valence-corrected chi connectivity index (χ1v) is 11.9. The van der Waals surface area contributed by atoms with E-state index >= 15 is 0 Å². The van der Waals surface area contributed by atoms with Gasteiger partial charge in [-0.05, 0) is 56.5 Å². The molecule has 0 spiro atoms. The largest absolute Gasteiger partial charge is 0.356 e. The molecule has 1 fully saturated rings. The molecule has 8 heteroatoms. The highest BCUT2D eigenvalue weighted by molar-refractivity contribution is 6.30. The summed E-state index contributed by atoms with van der Waals surface area (Å²) < 4.78 is 1.94. The van der Waals surface area contributed by atoms with Crippen molar-refractivity contribution in [2.45, 2.75) is 33.2 Å². The minimum Gasteiger partial charge on any atom is -0.356 e. The van der Waals surface area contributed by atoms with Crippen molar-refractivity contribution in [3.05, 3.63) is 76.8 Å². The van der Waals surface area contributed by atoms with E-state index in [1.165, 1.54) is 0 Å². The first-order valence-electron chi connectivity index (χ1n) is 11.5. The van der Waals surface area contributed by atoms with Crippen LogP contribution < -0.4 is 10.2 Å². The zero-order chi connectivity index (χ0) is 23.7. The molecule has 174 valence electrons. The lowest BCUT2D eigenvalue weighted by atomic mass is 9.96. The van der Waals surface area contributed by atoms with Crippen molar-refractivity contribution in [3.63, 3.8) is 0 Å². The summed E-state index contributed by atoms with van der Waals surface area (Å²) in [5, 5.41) is 8.58. The Balaban J connectivity index is 1.34. The Hall–Kier alpha value is -3.45. The van der Waals surface area contributed by atoms with Gasteiger partial charge in [-0.1, -0.05) is 29.8 Å². The van der Waals surface area contributed by atoms with Crippen LogP contribution in [0.15, 0.2) is 54.7 Å². The van der Waals surface area contributed by atoms with E-state index in [4.69, 9.17) is 21.7 Å². The number of piperidine rings is 1. The number of fused-ring (bicyclic) bond motifs is 1. The number of pyridine rings is 1. The minimum atomic E-state index is 0.00220. The molecule has 1 aliphatic rings. The van der Waals surface area contributed by atoms with Gasteiger partial charge in [0.15, 0.2) is 5.65 Å². The number of rotatable bonds is 5. The number of hydrogen-bond donors (Lipinski definition) is 1. The van der Waals surface area contributed by atoms with Crippen LogP contribution in [0.2, 0.25) is 5.02 Å². The summed E-state index contributed by atoms with van der Waals surface area (Å²) >= 11 is 6.09. The van der Waals surface area contributed by atoms with Crippen molar-refractivity contribution >= 4 is 29.0 Å². The molecule has 0 radical (unpaired) electrons. The van der Waals surface area contributed by atoms with Gasteiger partial charge in [0.2, 0.25) is 5.91 Å². The van der Waals surface area contributed by atoms with Gasteiger partial charge in [0, 0.05) is 47.6 Å². The second-order valence-corrected chi connectivity index (χ2v) is 9.20. The number of carbonyl (C=O) groups excluding carboxylic acids is 1. The molecule has 34 heavy (non-hydrogen) atoms. The Morgan fingerprint density at radius 1 is 1.12 bits per heavy atom. The fraction of sp³-hybridized carbons (Fsp3) is 0.308.